The largest absolute Gasteiger partial charge is 0.327 e. The smallest absolute Gasteiger partial charge is 0.0130 e. The first-order chi connectivity index (χ1) is 6.83. The molecule has 1 aliphatic rings. The molecule has 1 rings (SSSR count). The van der Waals surface area contributed by atoms with Gasteiger partial charge < -0.3 is 5.73 Å². The van der Waals surface area contributed by atoms with Gasteiger partial charge in [-0.3, -0.25) is 0 Å². The second-order valence-electron chi connectivity index (χ2n) is 4.22. The van der Waals surface area contributed by atoms with E-state index in [0.717, 1.165) is 23.8 Å². The number of allylic oxidation sites excluding steroid dienone is 1. The molecule has 0 spiro atoms. The Hall–Kier alpha value is 0.0500. The van der Waals surface area contributed by atoms with E-state index in [4.69, 9.17) is 5.73 Å². The Labute approximate surface area is 92.5 Å². The van der Waals surface area contributed by atoms with Crippen LogP contribution in [0.15, 0.2) is 12.7 Å². The number of thioether (sulfide) groups is 1. The van der Waals surface area contributed by atoms with Crippen LogP contribution < -0.4 is 5.73 Å². The molecule has 1 atom stereocenters. The lowest BCUT2D eigenvalue weighted by molar-refractivity contribution is 0.636. The zero-order valence-corrected chi connectivity index (χ0v) is 9.90. The van der Waals surface area contributed by atoms with E-state index in [1.807, 2.05) is 6.08 Å². The fourth-order valence-electron chi connectivity index (χ4n) is 1.92. The Morgan fingerprint density at radius 2 is 2.14 bits per heavy atom. The van der Waals surface area contributed by atoms with Gasteiger partial charge in [-0.25, -0.2) is 0 Å². The first kappa shape index (κ1) is 12.1. The van der Waals surface area contributed by atoms with Crippen LogP contribution in [0.25, 0.3) is 0 Å². The van der Waals surface area contributed by atoms with E-state index >= 15 is 0 Å². The van der Waals surface area contributed by atoms with Gasteiger partial charge in [0.15, 0.2) is 0 Å². The highest BCUT2D eigenvalue weighted by molar-refractivity contribution is 7.99. The second kappa shape index (κ2) is 7.36. The van der Waals surface area contributed by atoms with Crippen LogP contribution in [0.1, 0.15) is 44.9 Å². The van der Waals surface area contributed by atoms with Crippen molar-refractivity contribution >= 4 is 11.8 Å². The van der Waals surface area contributed by atoms with Gasteiger partial charge in [0.1, 0.15) is 0 Å². The summed E-state index contributed by atoms with van der Waals surface area (Å²) in [7, 11) is 0. The van der Waals surface area contributed by atoms with E-state index < -0.39 is 0 Å². The van der Waals surface area contributed by atoms with Crippen LogP contribution in [0.3, 0.4) is 0 Å². The molecule has 1 saturated carbocycles. The number of hydrogen-bond acceptors (Lipinski definition) is 2. The lowest BCUT2D eigenvalue weighted by atomic mass is 10.1. The molecule has 0 radical (unpaired) electrons. The summed E-state index contributed by atoms with van der Waals surface area (Å²) in [5.41, 5.74) is 6.04. The SMILES string of the molecule is C=CCCCC(N)CSC1CCCC1. The molecule has 2 heteroatoms. The number of hydrogen-bond donors (Lipinski definition) is 1. The van der Waals surface area contributed by atoms with Crippen molar-refractivity contribution in [3.8, 4) is 0 Å². The fourth-order valence-corrected chi connectivity index (χ4v) is 3.28. The van der Waals surface area contributed by atoms with Crippen LogP contribution in [0, 0.1) is 0 Å². The third-order valence-corrected chi connectivity index (χ3v) is 4.39. The van der Waals surface area contributed by atoms with Crippen molar-refractivity contribution in [3.63, 3.8) is 0 Å². The highest BCUT2D eigenvalue weighted by Gasteiger charge is 2.16. The predicted octanol–water partition coefficient (Wildman–Crippen LogP) is 3.35. The minimum atomic E-state index is 0.403. The van der Waals surface area contributed by atoms with Gasteiger partial charge in [0.05, 0.1) is 0 Å². The summed E-state index contributed by atoms with van der Waals surface area (Å²) in [5, 5.41) is 0.917. The third kappa shape index (κ3) is 5.06. The van der Waals surface area contributed by atoms with Crippen LogP contribution in [0.2, 0.25) is 0 Å². The van der Waals surface area contributed by atoms with Crippen molar-refractivity contribution in [2.24, 2.45) is 5.73 Å². The molecule has 0 amide bonds. The molecule has 0 saturated heterocycles. The molecule has 0 aromatic rings. The molecule has 0 aromatic heterocycles. The second-order valence-corrected chi connectivity index (χ2v) is 5.55. The lowest BCUT2D eigenvalue weighted by Gasteiger charge is -2.13. The van der Waals surface area contributed by atoms with Gasteiger partial charge >= 0.3 is 0 Å². The van der Waals surface area contributed by atoms with Gasteiger partial charge in [0, 0.05) is 17.0 Å². The van der Waals surface area contributed by atoms with E-state index in [-0.39, 0.29) is 0 Å². The maximum Gasteiger partial charge on any atom is 0.0130 e. The Kier molecular flexibility index (Phi) is 6.37. The monoisotopic (exact) mass is 213 g/mol. The van der Waals surface area contributed by atoms with E-state index in [9.17, 15) is 0 Å². The highest BCUT2D eigenvalue weighted by atomic mass is 32.2. The van der Waals surface area contributed by atoms with Crippen molar-refractivity contribution in [2.75, 3.05) is 5.75 Å². The van der Waals surface area contributed by atoms with Gasteiger partial charge in [0.2, 0.25) is 0 Å². The third-order valence-electron chi connectivity index (χ3n) is 2.83. The summed E-state index contributed by atoms with van der Waals surface area (Å²) in [5.74, 6) is 1.15. The molecule has 1 aliphatic carbocycles. The average molecular weight is 213 g/mol. The van der Waals surface area contributed by atoms with E-state index in [2.05, 4.69) is 18.3 Å². The van der Waals surface area contributed by atoms with E-state index in [0.29, 0.717) is 6.04 Å². The van der Waals surface area contributed by atoms with Crippen LogP contribution in [0.5, 0.6) is 0 Å². The summed E-state index contributed by atoms with van der Waals surface area (Å²) in [6.45, 7) is 3.72. The Bertz CT molecular complexity index is 152. The summed E-state index contributed by atoms with van der Waals surface area (Å²) >= 11 is 2.10. The van der Waals surface area contributed by atoms with Gasteiger partial charge in [-0.15, -0.1) is 6.58 Å². The first-order valence-electron chi connectivity index (χ1n) is 5.81. The molecule has 14 heavy (non-hydrogen) atoms. The van der Waals surface area contributed by atoms with Crippen molar-refractivity contribution < 1.29 is 0 Å². The van der Waals surface area contributed by atoms with Crippen molar-refractivity contribution in [2.45, 2.75) is 56.2 Å². The quantitative estimate of drug-likeness (QED) is 0.518. The van der Waals surface area contributed by atoms with E-state index in [1.165, 1.54) is 32.1 Å². The lowest BCUT2D eigenvalue weighted by Crippen LogP contribution is -2.23. The highest BCUT2D eigenvalue weighted by Crippen LogP contribution is 2.29. The van der Waals surface area contributed by atoms with Crippen molar-refractivity contribution in [1.82, 2.24) is 0 Å². The van der Waals surface area contributed by atoms with E-state index in [1.54, 1.807) is 0 Å². The zero-order valence-electron chi connectivity index (χ0n) is 9.08. The maximum absolute atomic E-state index is 6.04. The fraction of sp³-hybridized carbons (Fsp3) is 0.833. The average Bonchev–Trinajstić information content (AvgIpc) is 2.68. The molecule has 1 fully saturated rings. The van der Waals surface area contributed by atoms with Crippen molar-refractivity contribution in [1.29, 1.82) is 0 Å². The number of rotatable bonds is 7. The number of nitrogens with two attached hydrogens (primary N) is 1. The molecule has 1 unspecified atom stereocenters. The van der Waals surface area contributed by atoms with Crippen LogP contribution >= 0.6 is 11.8 Å². The molecule has 82 valence electrons. The van der Waals surface area contributed by atoms with Gasteiger partial charge in [-0.05, 0) is 32.1 Å². The summed E-state index contributed by atoms with van der Waals surface area (Å²) in [6.07, 6.45) is 11.2. The first-order valence-corrected chi connectivity index (χ1v) is 6.86. The molecule has 2 N–H and O–H groups in total. The van der Waals surface area contributed by atoms with Crippen LogP contribution in [-0.2, 0) is 0 Å². The Morgan fingerprint density at radius 3 is 2.79 bits per heavy atom. The molecule has 0 aromatic carbocycles. The summed E-state index contributed by atoms with van der Waals surface area (Å²) < 4.78 is 0. The molecule has 0 bridgehead atoms. The van der Waals surface area contributed by atoms with Gasteiger partial charge in [-0.2, -0.15) is 11.8 Å². The molecule has 0 aliphatic heterocycles. The molecular formula is C12H23NS. The number of unbranched alkanes of at least 4 members (excludes halogenated alkanes) is 1. The van der Waals surface area contributed by atoms with Gasteiger partial charge in [0.25, 0.3) is 0 Å². The van der Waals surface area contributed by atoms with Crippen LogP contribution in [0.4, 0.5) is 0 Å². The van der Waals surface area contributed by atoms with Crippen molar-refractivity contribution in [3.05, 3.63) is 12.7 Å². The Morgan fingerprint density at radius 1 is 1.43 bits per heavy atom. The molecular weight excluding hydrogens is 190 g/mol. The Balaban J connectivity index is 1.96. The predicted molar refractivity (Wildman–Crippen MR) is 66.7 cm³/mol. The normalized spacial score (nSPS) is 19.8. The minimum absolute atomic E-state index is 0.403. The topological polar surface area (TPSA) is 26.0 Å². The summed E-state index contributed by atoms with van der Waals surface area (Å²) in [4.78, 5) is 0. The van der Waals surface area contributed by atoms with Crippen LogP contribution in [-0.4, -0.2) is 17.0 Å². The van der Waals surface area contributed by atoms with Gasteiger partial charge in [-0.1, -0.05) is 18.9 Å². The minimum Gasteiger partial charge on any atom is -0.327 e. The zero-order chi connectivity index (χ0) is 10.2. The molecule has 0 heterocycles. The summed E-state index contributed by atoms with van der Waals surface area (Å²) in [6, 6.07) is 0.403. The standard InChI is InChI=1S/C12H23NS/c1-2-3-4-7-11(13)10-14-12-8-5-6-9-12/h2,11-12H,1,3-10,13H2. The molecule has 1 nitrogen and oxygen atoms in total. The maximum atomic E-state index is 6.04.